The fourth-order valence-corrected chi connectivity index (χ4v) is 2.26. The van der Waals surface area contributed by atoms with Crippen molar-refractivity contribution in [2.24, 2.45) is 0 Å². The number of nitrogens with zero attached hydrogens (tertiary/aromatic N) is 1. The molecule has 0 aliphatic carbocycles. The van der Waals surface area contributed by atoms with E-state index in [1.54, 1.807) is 6.26 Å². The molecule has 1 N–H and O–H groups in total. The zero-order valence-corrected chi connectivity index (χ0v) is 12.1. The van der Waals surface area contributed by atoms with E-state index in [0.29, 0.717) is 6.04 Å². The van der Waals surface area contributed by atoms with Gasteiger partial charge in [0.1, 0.15) is 5.76 Å². The van der Waals surface area contributed by atoms with Crippen molar-refractivity contribution in [1.82, 2.24) is 10.2 Å². The van der Waals surface area contributed by atoms with Gasteiger partial charge in [0.05, 0.1) is 12.3 Å². The Kier molecular flexibility index (Phi) is 9.20. The van der Waals surface area contributed by atoms with Crippen molar-refractivity contribution in [3.05, 3.63) is 36.8 Å². The van der Waals surface area contributed by atoms with Crippen LogP contribution in [0.15, 0.2) is 35.5 Å². The molecule has 0 unspecified atom stereocenters. The normalized spacial score (nSPS) is 17.3. The molecule has 0 spiro atoms. The third kappa shape index (κ3) is 4.65. The summed E-state index contributed by atoms with van der Waals surface area (Å²) in [5.74, 6) is 1.09. The number of furan rings is 1. The minimum atomic E-state index is 0. The summed E-state index contributed by atoms with van der Waals surface area (Å²) in [5, 5.41) is 3.38. The quantitative estimate of drug-likeness (QED) is 0.846. The van der Waals surface area contributed by atoms with Crippen LogP contribution in [-0.4, -0.2) is 31.1 Å². The molecule has 0 amide bonds. The van der Waals surface area contributed by atoms with Crippen molar-refractivity contribution in [1.29, 1.82) is 0 Å². The third-order valence-electron chi connectivity index (χ3n) is 3.11. The van der Waals surface area contributed by atoms with Gasteiger partial charge in [-0.3, -0.25) is 4.90 Å². The minimum absolute atomic E-state index is 0. The smallest absolute Gasteiger partial charge is 0.120 e. The molecule has 1 aliphatic rings. The Morgan fingerprint density at radius 1 is 1.39 bits per heavy atom. The molecule has 5 heteroatoms. The third-order valence-corrected chi connectivity index (χ3v) is 3.11. The molecule has 1 aliphatic heterocycles. The van der Waals surface area contributed by atoms with E-state index in [2.05, 4.69) is 22.9 Å². The number of nitrogens with one attached hydrogen (secondary N) is 1. The van der Waals surface area contributed by atoms with Crippen molar-refractivity contribution < 1.29 is 4.42 Å². The van der Waals surface area contributed by atoms with Gasteiger partial charge in [-0.1, -0.05) is 6.08 Å². The average molecular weight is 293 g/mol. The topological polar surface area (TPSA) is 28.4 Å². The lowest BCUT2D eigenvalue weighted by molar-refractivity contribution is 0.147. The van der Waals surface area contributed by atoms with E-state index < -0.39 is 0 Å². The van der Waals surface area contributed by atoms with E-state index in [4.69, 9.17) is 4.42 Å². The largest absolute Gasteiger partial charge is 0.468 e. The predicted octanol–water partition coefficient (Wildman–Crippen LogP) is 3.04. The summed E-state index contributed by atoms with van der Waals surface area (Å²) in [5.41, 5.74) is 0. The van der Waals surface area contributed by atoms with E-state index >= 15 is 0 Å². The lowest BCUT2D eigenvalue weighted by atomic mass is 10.1. The van der Waals surface area contributed by atoms with Gasteiger partial charge < -0.3 is 9.73 Å². The highest BCUT2D eigenvalue weighted by Crippen LogP contribution is 2.26. The Morgan fingerprint density at radius 2 is 2.11 bits per heavy atom. The first-order chi connectivity index (χ1) is 7.92. The zero-order chi connectivity index (χ0) is 11.2. The van der Waals surface area contributed by atoms with Crippen LogP contribution in [0, 0.1) is 0 Å². The van der Waals surface area contributed by atoms with E-state index in [1.807, 2.05) is 12.1 Å². The van der Waals surface area contributed by atoms with Crippen LogP contribution in [-0.2, 0) is 0 Å². The van der Waals surface area contributed by atoms with Gasteiger partial charge in [0.25, 0.3) is 0 Å². The summed E-state index contributed by atoms with van der Waals surface area (Å²) in [6, 6.07) is 4.46. The average Bonchev–Trinajstić information content (AvgIpc) is 2.85. The van der Waals surface area contributed by atoms with Crippen LogP contribution in [0.3, 0.4) is 0 Å². The van der Waals surface area contributed by atoms with Gasteiger partial charge >= 0.3 is 0 Å². The standard InChI is InChI=1S/C13H20N2O.2ClH/c1-2-3-5-12(13-6-4-11-16-13)15-9-7-14-8-10-15;;/h2,4,6,11-12,14H,1,3,5,7-10H2;2*1H/t12-;;/m1../s1. The van der Waals surface area contributed by atoms with Gasteiger partial charge in [-0.05, 0) is 25.0 Å². The van der Waals surface area contributed by atoms with Crippen molar-refractivity contribution in [2.45, 2.75) is 18.9 Å². The fourth-order valence-electron chi connectivity index (χ4n) is 2.26. The first-order valence-electron chi connectivity index (χ1n) is 6.01. The maximum absolute atomic E-state index is 5.55. The molecular formula is C13H22Cl2N2O. The summed E-state index contributed by atoms with van der Waals surface area (Å²) in [4.78, 5) is 2.50. The zero-order valence-electron chi connectivity index (χ0n) is 10.5. The highest BCUT2D eigenvalue weighted by atomic mass is 35.5. The molecule has 0 aromatic carbocycles. The highest BCUT2D eigenvalue weighted by molar-refractivity contribution is 5.85. The SMILES string of the molecule is C=CCC[C@H](c1ccco1)N1CCNCC1.Cl.Cl. The Morgan fingerprint density at radius 3 is 2.67 bits per heavy atom. The van der Waals surface area contributed by atoms with Crippen LogP contribution >= 0.6 is 24.8 Å². The second-order valence-corrected chi connectivity index (χ2v) is 4.18. The molecule has 1 fully saturated rings. The Bertz CT molecular complexity index is 311. The second kappa shape index (κ2) is 9.45. The monoisotopic (exact) mass is 292 g/mol. The maximum Gasteiger partial charge on any atom is 0.120 e. The van der Waals surface area contributed by atoms with Crippen molar-refractivity contribution in [2.75, 3.05) is 26.2 Å². The number of allylic oxidation sites excluding steroid dienone is 1. The summed E-state index contributed by atoms with van der Waals surface area (Å²) in [6.45, 7) is 8.15. The summed E-state index contributed by atoms with van der Waals surface area (Å²) < 4.78 is 5.55. The van der Waals surface area contributed by atoms with Crippen LogP contribution < -0.4 is 5.32 Å². The molecule has 0 saturated carbocycles. The van der Waals surface area contributed by atoms with Crippen LogP contribution in [0.25, 0.3) is 0 Å². The minimum Gasteiger partial charge on any atom is -0.468 e. The Hall–Kier alpha value is -0.480. The van der Waals surface area contributed by atoms with Gasteiger partial charge in [0.15, 0.2) is 0 Å². The van der Waals surface area contributed by atoms with Gasteiger partial charge in [0, 0.05) is 26.2 Å². The number of rotatable bonds is 5. The molecule has 2 rings (SSSR count). The van der Waals surface area contributed by atoms with E-state index in [0.717, 1.165) is 44.8 Å². The first-order valence-corrected chi connectivity index (χ1v) is 6.01. The molecule has 1 aromatic rings. The molecule has 1 atom stereocenters. The fraction of sp³-hybridized carbons (Fsp3) is 0.538. The number of halogens is 2. The predicted molar refractivity (Wildman–Crippen MR) is 79.8 cm³/mol. The van der Waals surface area contributed by atoms with Crippen molar-refractivity contribution in [3.8, 4) is 0 Å². The van der Waals surface area contributed by atoms with Crippen molar-refractivity contribution in [3.63, 3.8) is 0 Å². The van der Waals surface area contributed by atoms with Crippen LogP contribution in [0.4, 0.5) is 0 Å². The lowest BCUT2D eigenvalue weighted by Gasteiger charge is -2.33. The molecular weight excluding hydrogens is 271 g/mol. The summed E-state index contributed by atoms with van der Waals surface area (Å²) in [6.07, 6.45) is 5.88. The van der Waals surface area contributed by atoms with Gasteiger partial charge in [-0.25, -0.2) is 0 Å². The number of hydrogen-bond donors (Lipinski definition) is 1. The molecule has 2 heterocycles. The molecule has 104 valence electrons. The molecule has 0 bridgehead atoms. The molecule has 18 heavy (non-hydrogen) atoms. The van der Waals surface area contributed by atoms with Crippen LogP contribution in [0.5, 0.6) is 0 Å². The van der Waals surface area contributed by atoms with Gasteiger partial charge in [-0.2, -0.15) is 0 Å². The maximum atomic E-state index is 5.55. The van der Waals surface area contributed by atoms with E-state index in [1.165, 1.54) is 0 Å². The van der Waals surface area contributed by atoms with Crippen LogP contribution in [0.2, 0.25) is 0 Å². The molecule has 1 saturated heterocycles. The summed E-state index contributed by atoms with van der Waals surface area (Å²) >= 11 is 0. The van der Waals surface area contributed by atoms with E-state index in [-0.39, 0.29) is 24.8 Å². The van der Waals surface area contributed by atoms with Crippen molar-refractivity contribution >= 4 is 24.8 Å². The van der Waals surface area contributed by atoms with Gasteiger partial charge in [-0.15, -0.1) is 31.4 Å². The second-order valence-electron chi connectivity index (χ2n) is 4.18. The van der Waals surface area contributed by atoms with E-state index in [9.17, 15) is 0 Å². The number of piperazine rings is 1. The number of hydrogen-bond acceptors (Lipinski definition) is 3. The molecule has 1 aromatic heterocycles. The molecule has 3 nitrogen and oxygen atoms in total. The first kappa shape index (κ1) is 17.5. The Balaban J connectivity index is 0.00000144. The van der Waals surface area contributed by atoms with Crippen LogP contribution in [0.1, 0.15) is 24.6 Å². The highest BCUT2D eigenvalue weighted by Gasteiger charge is 2.23. The van der Waals surface area contributed by atoms with Gasteiger partial charge in [0.2, 0.25) is 0 Å². The Labute approximate surface area is 121 Å². The molecule has 0 radical (unpaired) electrons. The lowest BCUT2D eigenvalue weighted by Crippen LogP contribution is -2.45. The summed E-state index contributed by atoms with van der Waals surface area (Å²) in [7, 11) is 0.